The minimum absolute atomic E-state index is 0.0817. The molecule has 0 radical (unpaired) electrons. The maximum Gasteiger partial charge on any atom is 0.409 e. The molecule has 0 aliphatic heterocycles. The van der Waals surface area contributed by atoms with Gasteiger partial charge in [-0.1, -0.05) is 0 Å². The normalized spacial score (nSPS) is 19.3. The van der Waals surface area contributed by atoms with E-state index in [0.717, 1.165) is 4.57 Å². The molecule has 6 heteroatoms. The Morgan fingerprint density at radius 1 is 1.53 bits per heavy atom. The van der Waals surface area contributed by atoms with E-state index in [9.17, 15) is 13.2 Å². The van der Waals surface area contributed by atoms with E-state index in [0.29, 0.717) is 18.5 Å². The third-order valence-corrected chi connectivity index (χ3v) is 2.79. The number of imidazole rings is 1. The van der Waals surface area contributed by atoms with Crippen LogP contribution in [-0.4, -0.2) is 15.7 Å². The lowest BCUT2D eigenvalue weighted by molar-refractivity contribution is -0.173. The van der Waals surface area contributed by atoms with Gasteiger partial charge in [-0.05, 0) is 37.3 Å². The Labute approximate surface area is 90.1 Å². The van der Waals surface area contributed by atoms with Gasteiger partial charge in [0.05, 0.1) is 5.69 Å². The number of hydrogen-bond acceptors (Lipinski definition) is 1. The maximum absolute atomic E-state index is 12.8. The van der Waals surface area contributed by atoms with Crippen LogP contribution in [0.15, 0.2) is 6.20 Å². The SMILES string of the molecule is Cc1cn([C@@H](C2CC2)C(F)(F)F)c(Cl)n1. The van der Waals surface area contributed by atoms with E-state index in [1.807, 2.05) is 0 Å². The molecule has 0 amide bonds. The van der Waals surface area contributed by atoms with Gasteiger partial charge in [-0.25, -0.2) is 4.98 Å². The van der Waals surface area contributed by atoms with Crippen LogP contribution in [0.5, 0.6) is 0 Å². The first-order valence-electron chi connectivity index (χ1n) is 4.67. The third-order valence-electron chi connectivity index (χ3n) is 2.51. The predicted molar refractivity (Wildman–Crippen MR) is 49.8 cm³/mol. The molecule has 1 aromatic rings. The number of halogens is 4. The summed E-state index contributed by atoms with van der Waals surface area (Å²) in [6, 6.07) is -1.51. The first-order valence-corrected chi connectivity index (χ1v) is 5.05. The van der Waals surface area contributed by atoms with E-state index in [2.05, 4.69) is 4.98 Å². The highest BCUT2D eigenvalue weighted by atomic mass is 35.5. The molecule has 0 saturated heterocycles. The highest BCUT2D eigenvalue weighted by Gasteiger charge is 2.50. The highest BCUT2D eigenvalue weighted by Crippen LogP contribution is 2.49. The van der Waals surface area contributed by atoms with E-state index in [1.165, 1.54) is 6.20 Å². The largest absolute Gasteiger partial charge is 0.409 e. The van der Waals surface area contributed by atoms with Crippen LogP contribution in [0.1, 0.15) is 24.6 Å². The Bertz CT molecular complexity index is 368. The summed E-state index contributed by atoms with van der Waals surface area (Å²) in [4.78, 5) is 3.78. The third kappa shape index (κ3) is 2.12. The molecule has 1 aliphatic rings. The summed E-state index contributed by atoms with van der Waals surface area (Å²) >= 11 is 5.67. The van der Waals surface area contributed by atoms with Crippen molar-refractivity contribution in [3.8, 4) is 0 Å². The molecule has 2 rings (SSSR count). The summed E-state index contributed by atoms with van der Waals surface area (Å²) in [6.07, 6.45) is -1.67. The van der Waals surface area contributed by atoms with Gasteiger partial charge < -0.3 is 4.57 Å². The monoisotopic (exact) mass is 238 g/mol. The van der Waals surface area contributed by atoms with E-state index in [-0.39, 0.29) is 11.2 Å². The lowest BCUT2D eigenvalue weighted by atomic mass is 10.2. The summed E-state index contributed by atoms with van der Waals surface area (Å²) in [6.45, 7) is 1.63. The van der Waals surface area contributed by atoms with Crippen LogP contribution in [0, 0.1) is 12.8 Å². The molecular weight excluding hydrogens is 229 g/mol. The van der Waals surface area contributed by atoms with Gasteiger partial charge in [0.25, 0.3) is 0 Å². The fraction of sp³-hybridized carbons (Fsp3) is 0.667. The molecule has 1 aliphatic carbocycles. The molecule has 84 valence electrons. The van der Waals surface area contributed by atoms with Crippen LogP contribution in [0.3, 0.4) is 0 Å². The minimum atomic E-state index is -4.25. The average Bonchev–Trinajstić information content (AvgIpc) is 2.78. The van der Waals surface area contributed by atoms with Gasteiger partial charge in [0.15, 0.2) is 0 Å². The van der Waals surface area contributed by atoms with Crippen molar-refractivity contribution in [1.29, 1.82) is 0 Å². The molecule has 1 aromatic heterocycles. The standard InChI is InChI=1S/C9H10ClF3N2/c1-5-4-15(8(10)14-5)7(6-2-3-6)9(11,12)13/h4,6-7H,2-3H2,1H3/t7-/m0/s1. The van der Waals surface area contributed by atoms with Gasteiger partial charge in [-0.3, -0.25) is 0 Å². The number of aryl methyl sites for hydroxylation is 1. The minimum Gasteiger partial charge on any atom is -0.309 e. The van der Waals surface area contributed by atoms with Crippen molar-refractivity contribution in [3.05, 3.63) is 17.2 Å². The second-order valence-corrected chi connectivity index (χ2v) is 4.22. The number of aromatic nitrogens is 2. The van der Waals surface area contributed by atoms with Crippen LogP contribution in [0.25, 0.3) is 0 Å². The lowest BCUT2D eigenvalue weighted by Crippen LogP contribution is -2.28. The zero-order valence-electron chi connectivity index (χ0n) is 8.05. The Morgan fingerprint density at radius 3 is 2.47 bits per heavy atom. The Hall–Kier alpha value is -0.710. The van der Waals surface area contributed by atoms with Crippen molar-refractivity contribution in [3.63, 3.8) is 0 Å². The van der Waals surface area contributed by atoms with Gasteiger partial charge in [0, 0.05) is 6.20 Å². The second kappa shape index (κ2) is 3.40. The van der Waals surface area contributed by atoms with Crippen LogP contribution < -0.4 is 0 Å². The van der Waals surface area contributed by atoms with Gasteiger partial charge in [0.2, 0.25) is 5.28 Å². The zero-order valence-corrected chi connectivity index (χ0v) is 8.81. The van der Waals surface area contributed by atoms with Crippen molar-refractivity contribution >= 4 is 11.6 Å². The summed E-state index contributed by atoms with van der Waals surface area (Å²) in [5.74, 6) is -0.337. The topological polar surface area (TPSA) is 17.8 Å². The Balaban J connectivity index is 2.36. The van der Waals surface area contributed by atoms with Gasteiger partial charge in [-0.2, -0.15) is 13.2 Å². The highest BCUT2D eigenvalue weighted by molar-refractivity contribution is 6.28. The van der Waals surface area contributed by atoms with Gasteiger partial charge >= 0.3 is 6.18 Å². The molecule has 1 heterocycles. The first kappa shape index (κ1) is 10.8. The maximum atomic E-state index is 12.8. The molecular formula is C9H10ClF3N2. The van der Waals surface area contributed by atoms with Crippen molar-refractivity contribution in [1.82, 2.24) is 9.55 Å². The first-order chi connectivity index (χ1) is 6.89. The number of nitrogens with zero attached hydrogens (tertiary/aromatic N) is 2. The van der Waals surface area contributed by atoms with Gasteiger partial charge in [0.1, 0.15) is 6.04 Å². The van der Waals surface area contributed by atoms with Crippen LogP contribution >= 0.6 is 11.6 Å². The summed E-state index contributed by atoms with van der Waals surface area (Å²) in [5, 5.41) is -0.0817. The fourth-order valence-electron chi connectivity index (χ4n) is 1.75. The molecule has 2 nitrogen and oxygen atoms in total. The predicted octanol–water partition coefficient (Wildman–Crippen LogP) is 3.36. The van der Waals surface area contributed by atoms with E-state index >= 15 is 0 Å². The van der Waals surface area contributed by atoms with Crippen molar-refractivity contribution in [2.24, 2.45) is 5.92 Å². The number of rotatable bonds is 2. The zero-order chi connectivity index (χ0) is 11.2. The van der Waals surface area contributed by atoms with Crippen LogP contribution in [-0.2, 0) is 0 Å². The molecule has 0 N–H and O–H groups in total. The number of alkyl halides is 3. The molecule has 15 heavy (non-hydrogen) atoms. The summed E-state index contributed by atoms with van der Waals surface area (Å²) < 4.78 is 39.4. The van der Waals surface area contributed by atoms with E-state index < -0.39 is 12.2 Å². The molecule has 0 aromatic carbocycles. The van der Waals surface area contributed by atoms with Crippen LogP contribution in [0.4, 0.5) is 13.2 Å². The number of hydrogen-bond donors (Lipinski definition) is 0. The van der Waals surface area contributed by atoms with E-state index in [1.54, 1.807) is 6.92 Å². The molecule has 1 fully saturated rings. The van der Waals surface area contributed by atoms with Crippen molar-refractivity contribution in [2.75, 3.05) is 0 Å². The quantitative estimate of drug-likeness (QED) is 0.773. The molecule has 1 atom stereocenters. The average molecular weight is 239 g/mol. The smallest absolute Gasteiger partial charge is 0.309 e. The molecule has 0 spiro atoms. The molecule has 0 bridgehead atoms. The lowest BCUT2D eigenvalue weighted by Gasteiger charge is -2.21. The Morgan fingerprint density at radius 2 is 2.13 bits per heavy atom. The van der Waals surface area contributed by atoms with Crippen molar-refractivity contribution < 1.29 is 13.2 Å². The van der Waals surface area contributed by atoms with Crippen LogP contribution in [0.2, 0.25) is 5.28 Å². The summed E-state index contributed by atoms with van der Waals surface area (Å²) in [7, 11) is 0. The van der Waals surface area contributed by atoms with Gasteiger partial charge in [-0.15, -0.1) is 0 Å². The van der Waals surface area contributed by atoms with E-state index in [4.69, 9.17) is 11.6 Å². The fourth-order valence-corrected chi connectivity index (χ4v) is 2.03. The molecule has 0 unspecified atom stereocenters. The van der Waals surface area contributed by atoms with Crippen molar-refractivity contribution in [2.45, 2.75) is 32.0 Å². The second-order valence-electron chi connectivity index (χ2n) is 3.88. The molecule has 1 saturated carbocycles. The summed E-state index contributed by atoms with van der Waals surface area (Å²) in [5.41, 5.74) is 0.509. The Kier molecular flexibility index (Phi) is 2.45.